The number of nitriles is 1. The van der Waals surface area contributed by atoms with Gasteiger partial charge in [-0.3, -0.25) is 9.48 Å². The van der Waals surface area contributed by atoms with Crippen LogP contribution in [0, 0.1) is 17.1 Å². The summed E-state index contributed by atoms with van der Waals surface area (Å²) in [6, 6.07) is 5.41. The van der Waals surface area contributed by atoms with Crippen molar-refractivity contribution in [3.8, 4) is 6.07 Å². The Morgan fingerprint density at radius 1 is 1.47 bits per heavy atom. The first-order valence-electron chi connectivity index (χ1n) is 10.7. The fraction of sp³-hybridized carbons (Fsp3) is 0.375. The van der Waals surface area contributed by atoms with Gasteiger partial charge in [0.2, 0.25) is 5.91 Å². The molecule has 0 spiro atoms. The zero-order chi connectivity index (χ0) is 22.8. The summed E-state index contributed by atoms with van der Waals surface area (Å²) in [5, 5.41) is 17.5. The normalized spacial score (nSPS) is 18.2. The molecule has 0 aliphatic carbocycles. The fourth-order valence-corrected chi connectivity index (χ4v) is 4.37. The van der Waals surface area contributed by atoms with Gasteiger partial charge in [0.25, 0.3) is 0 Å². The predicted molar refractivity (Wildman–Crippen MR) is 120 cm³/mol. The number of amides is 1. The highest BCUT2D eigenvalue weighted by Gasteiger charge is 2.31. The van der Waals surface area contributed by atoms with Gasteiger partial charge in [-0.05, 0) is 25.0 Å². The third kappa shape index (κ3) is 3.80. The second kappa shape index (κ2) is 8.97. The zero-order valence-electron chi connectivity index (χ0n) is 18.3. The van der Waals surface area contributed by atoms with Crippen molar-refractivity contribution in [2.24, 2.45) is 0 Å². The van der Waals surface area contributed by atoms with Crippen LogP contribution in [0.4, 0.5) is 15.9 Å². The van der Waals surface area contributed by atoms with Crippen LogP contribution < -0.4 is 5.32 Å². The van der Waals surface area contributed by atoms with Crippen LogP contribution in [0.3, 0.4) is 0 Å². The molecule has 2 aliphatic rings. The number of nitrogens with one attached hydrogen (secondary N) is 1. The van der Waals surface area contributed by atoms with Crippen molar-refractivity contribution in [1.29, 1.82) is 5.26 Å². The van der Waals surface area contributed by atoms with Gasteiger partial charge >= 0.3 is 0 Å². The highest BCUT2D eigenvalue weighted by molar-refractivity contribution is 5.79. The van der Waals surface area contributed by atoms with E-state index in [9.17, 15) is 10.1 Å². The maximum atomic E-state index is 15.3. The Kier molecular flexibility index (Phi) is 6.10. The Balaban J connectivity index is 1.75. The van der Waals surface area contributed by atoms with E-state index in [1.165, 1.54) is 0 Å². The van der Waals surface area contributed by atoms with Crippen LogP contribution in [0.2, 0.25) is 0 Å². The van der Waals surface area contributed by atoms with Crippen LogP contribution in [0.5, 0.6) is 0 Å². The molecule has 1 aromatic heterocycles. The monoisotopic (exact) mass is 435 g/mol. The molecule has 0 bridgehead atoms. The summed E-state index contributed by atoms with van der Waals surface area (Å²) in [5.74, 6) is -0.148. The lowest BCUT2D eigenvalue weighted by Gasteiger charge is -2.27. The number of anilines is 2. The number of halogens is 1. The maximum absolute atomic E-state index is 15.3. The molecular weight excluding hydrogens is 409 g/mol. The average molecular weight is 436 g/mol. The van der Waals surface area contributed by atoms with Gasteiger partial charge in [-0.25, -0.2) is 4.39 Å². The van der Waals surface area contributed by atoms with E-state index in [0.717, 1.165) is 17.7 Å². The minimum Gasteiger partial charge on any atom is -0.379 e. The largest absolute Gasteiger partial charge is 0.379 e. The number of carbonyl (C=O) groups excluding carboxylic acids is 1. The van der Waals surface area contributed by atoms with Gasteiger partial charge in [-0.1, -0.05) is 24.8 Å². The summed E-state index contributed by atoms with van der Waals surface area (Å²) in [5.41, 5.74) is 3.21. The number of carbonyl (C=O) groups is 1. The SMILES string of the molecule is C=C/C(=C\C)c1ccc(Nc2nn(C3CCOC3)c3c2CN(C(C)=O)CC3)c(F)c1C#N. The van der Waals surface area contributed by atoms with E-state index in [4.69, 9.17) is 9.84 Å². The van der Waals surface area contributed by atoms with E-state index in [1.54, 1.807) is 36.1 Å². The van der Waals surface area contributed by atoms with E-state index in [2.05, 4.69) is 11.9 Å². The summed E-state index contributed by atoms with van der Waals surface area (Å²) in [4.78, 5) is 13.7. The quantitative estimate of drug-likeness (QED) is 0.715. The molecule has 8 heteroatoms. The Labute approximate surface area is 186 Å². The highest BCUT2D eigenvalue weighted by Crippen LogP contribution is 2.34. The second-order valence-electron chi connectivity index (χ2n) is 7.96. The van der Waals surface area contributed by atoms with Gasteiger partial charge in [0, 0.05) is 43.3 Å². The fourth-order valence-electron chi connectivity index (χ4n) is 4.37. The van der Waals surface area contributed by atoms with E-state index < -0.39 is 5.82 Å². The van der Waals surface area contributed by atoms with Gasteiger partial charge in [-0.15, -0.1) is 0 Å². The van der Waals surface area contributed by atoms with Crippen LogP contribution >= 0.6 is 0 Å². The average Bonchev–Trinajstić information content (AvgIpc) is 3.44. The molecule has 0 radical (unpaired) electrons. The van der Waals surface area contributed by atoms with Crippen molar-refractivity contribution in [2.45, 2.75) is 39.3 Å². The Morgan fingerprint density at radius 2 is 2.28 bits per heavy atom. The first-order chi connectivity index (χ1) is 15.5. The highest BCUT2D eigenvalue weighted by atomic mass is 19.1. The van der Waals surface area contributed by atoms with E-state index in [0.29, 0.717) is 49.7 Å². The molecule has 2 aromatic rings. The van der Waals surface area contributed by atoms with Crippen molar-refractivity contribution < 1.29 is 13.9 Å². The number of fused-ring (bicyclic) bond motifs is 1. The molecule has 1 aromatic carbocycles. The number of hydrogen-bond acceptors (Lipinski definition) is 5. The van der Waals surface area contributed by atoms with Gasteiger partial charge in [0.15, 0.2) is 11.6 Å². The molecule has 2 aliphatic heterocycles. The van der Waals surface area contributed by atoms with Crippen LogP contribution in [0.1, 0.15) is 48.7 Å². The van der Waals surface area contributed by atoms with E-state index >= 15 is 4.39 Å². The van der Waals surface area contributed by atoms with Crippen LogP contribution in [-0.4, -0.2) is 40.3 Å². The van der Waals surface area contributed by atoms with E-state index in [1.807, 2.05) is 17.7 Å². The number of ether oxygens (including phenoxy) is 1. The Morgan fingerprint density at radius 3 is 2.91 bits per heavy atom. The third-order valence-corrected chi connectivity index (χ3v) is 6.13. The number of benzene rings is 1. The lowest BCUT2D eigenvalue weighted by Crippen LogP contribution is -2.35. The molecule has 1 amide bonds. The first-order valence-corrected chi connectivity index (χ1v) is 10.7. The molecule has 1 unspecified atom stereocenters. The summed E-state index contributed by atoms with van der Waals surface area (Å²) < 4.78 is 22.8. The lowest BCUT2D eigenvalue weighted by molar-refractivity contribution is -0.129. The van der Waals surface area contributed by atoms with Crippen molar-refractivity contribution in [1.82, 2.24) is 14.7 Å². The molecule has 4 rings (SSSR count). The third-order valence-electron chi connectivity index (χ3n) is 6.13. The lowest BCUT2D eigenvalue weighted by atomic mass is 9.98. The molecule has 0 saturated carbocycles. The standard InChI is InChI=1S/C24H26FN5O2/c1-4-16(5-2)18-6-7-21(23(25)19(18)12-26)27-24-20-13-29(15(3)31)10-8-22(20)30(28-24)17-9-11-32-14-17/h4-7,17H,1,8-11,13-14H2,2-3H3,(H,27,28)/b16-5+. The molecule has 1 N–H and O–H groups in total. The van der Waals surface area contributed by atoms with Gasteiger partial charge in [0.1, 0.15) is 6.07 Å². The molecule has 3 heterocycles. The number of hydrogen-bond donors (Lipinski definition) is 1. The van der Waals surface area contributed by atoms with Crippen molar-refractivity contribution >= 4 is 23.0 Å². The van der Waals surface area contributed by atoms with Crippen LogP contribution in [0.25, 0.3) is 5.57 Å². The Bertz CT molecular complexity index is 1140. The summed E-state index contributed by atoms with van der Waals surface area (Å²) in [6.07, 6.45) is 4.92. The van der Waals surface area contributed by atoms with Crippen LogP contribution in [0.15, 0.2) is 30.9 Å². The Hall–Kier alpha value is -3.44. The number of allylic oxidation sites excluding steroid dienone is 3. The molecular formula is C24H26FN5O2. The smallest absolute Gasteiger partial charge is 0.219 e. The summed E-state index contributed by atoms with van der Waals surface area (Å²) >= 11 is 0. The summed E-state index contributed by atoms with van der Waals surface area (Å²) in [6.45, 7) is 9.39. The minimum absolute atomic E-state index is 0.0100. The molecule has 166 valence electrons. The predicted octanol–water partition coefficient (Wildman–Crippen LogP) is 4.09. The maximum Gasteiger partial charge on any atom is 0.219 e. The molecule has 1 atom stereocenters. The molecule has 1 saturated heterocycles. The van der Waals surface area contributed by atoms with Crippen molar-refractivity contribution in [3.05, 3.63) is 59.1 Å². The van der Waals surface area contributed by atoms with Gasteiger partial charge in [-0.2, -0.15) is 10.4 Å². The second-order valence-corrected chi connectivity index (χ2v) is 7.96. The summed E-state index contributed by atoms with van der Waals surface area (Å²) in [7, 11) is 0. The molecule has 7 nitrogen and oxygen atoms in total. The van der Waals surface area contributed by atoms with Gasteiger partial charge in [0.05, 0.1) is 30.4 Å². The topological polar surface area (TPSA) is 83.2 Å². The molecule has 1 fully saturated rings. The number of nitrogens with zero attached hydrogens (tertiary/aromatic N) is 4. The zero-order valence-corrected chi connectivity index (χ0v) is 18.3. The van der Waals surface area contributed by atoms with Crippen molar-refractivity contribution in [2.75, 3.05) is 25.1 Å². The van der Waals surface area contributed by atoms with Crippen LogP contribution in [-0.2, 0) is 22.5 Å². The number of aromatic nitrogens is 2. The van der Waals surface area contributed by atoms with Crippen molar-refractivity contribution in [3.63, 3.8) is 0 Å². The first kappa shape index (κ1) is 21.8. The molecule has 32 heavy (non-hydrogen) atoms. The van der Waals surface area contributed by atoms with Gasteiger partial charge < -0.3 is 15.0 Å². The van der Waals surface area contributed by atoms with E-state index in [-0.39, 0.29) is 23.2 Å². The minimum atomic E-state index is -0.641. The number of rotatable bonds is 5.